The third kappa shape index (κ3) is 4.76. The molecule has 0 aromatic rings. The van der Waals surface area contributed by atoms with Crippen LogP contribution in [0.15, 0.2) is 0 Å². The average molecular weight is 178 g/mol. The van der Waals surface area contributed by atoms with E-state index < -0.39 is 0 Å². The van der Waals surface area contributed by atoms with E-state index in [2.05, 4.69) is 22.2 Å². The van der Waals surface area contributed by atoms with E-state index in [-0.39, 0.29) is 21.4 Å². The van der Waals surface area contributed by atoms with Crippen LogP contribution in [0.2, 0.25) is 4.94 Å². The van der Waals surface area contributed by atoms with Gasteiger partial charge < -0.3 is 0 Å². The maximum atomic E-state index is 2.30. The SMILES string of the molecule is [CH3][Sn][N](C)C. The van der Waals surface area contributed by atoms with Crippen molar-refractivity contribution in [2.45, 2.75) is 4.94 Å². The van der Waals surface area contributed by atoms with Crippen LogP contribution in [0.25, 0.3) is 0 Å². The molecule has 0 atom stereocenters. The molecule has 0 aliphatic carbocycles. The van der Waals surface area contributed by atoms with Gasteiger partial charge in [0.2, 0.25) is 0 Å². The molecule has 0 saturated heterocycles. The molecule has 0 N–H and O–H groups in total. The van der Waals surface area contributed by atoms with Crippen LogP contribution in [0.1, 0.15) is 0 Å². The first-order chi connectivity index (χ1) is 2.27. The number of hydrogen-bond donors (Lipinski definition) is 0. The maximum absolute atomic E-state index is 2.30. The van der Waals surface area contributed by atoms with Gasteiger partial charge in [0.1, 0.15) is 0 Å². The van der Waals surface area contributed by atoms with Crippen molar-refractivity contribution in [1.29, 1.82) is 0 Å². The van der Waals surface area contributed by atoms with Crippen molar-refractivity contribution >= 4 is 21.4 Å². The normalized spacial score (nSPS) is 9.60. The molecule has 1 nitrogen and oxygen atoms in total. The molecule has 0 aliphatic heterocycles. The molecule has 0 aromatic heterocycles. The fraction of sp³-hybridized carbons (Fsp3) is 1.00. The van der Waals surface area contributed by atoms with E-state index >= 15 is 0 Å². The molecular formula is C3H9NSn. The van der Waals surface area contributed by atoms with Crippen LogP contribution in [-0.2, 0) is 0 Å². The summed E-state index contributed by atoms with van der Waals surface area (Å²) in [5.41, 5.74) is 0. The van der Waals surface area contributed by atoms with Crippen LogP contribution in [-0.4, -0.2) is 38.6 Å². The van der Waals surface area contributed by atoms with E-state index in [4.69, 9.17) is 0 Å². The Morgan fingerprint density at radius 3 is 1.60 bits per heavy atom. The van der Waals surface area contributed by atoms with Gasteiger partial charge in [0, 0.05) is 0 Å². The third-order valence-electron chi connectivity index (χ3n) is 0.447. The summed E-state index contributed by atoms with van der Waals surface area (Å²) in [6, 6.07) is 0. The summed E-state index contributed by atoms with van der Waals surface area (Å²) >= 11 is -0.0322. The molecule has 0 saturated carbocycles. The predicted molar refractivity (Wildman–Crippen MR) is 25.3 cm³/mol. The minimum absolute atomic E-state index is 0.0322. The zero-order valence-corrected chi connectivity index (χ0v) is 6.80. The molecule has 30 valence electrons. The van der Waals surface area contributed by atoms with E-state index in [0.29, 0.717) is 0 Å². The Kier molecular flexibility index (Phi) is 3.42. The summed E-state index contributed by atoms with van der Waals surface area (Å²) < 4.78 is 2.30. The van der Waals surface area contributed by atoms with Crippen LogP contribution in [0.3, 0.4) is 0 Å². The molecule has 0 heterocycles. The quantitative estimate of drug-likeness (QED) is 0.518. The molecule has 0 aromatic carbocycles. The Labute approximate surface area is 43.9 Å². The molecule has 2 radical (unpaired) electrons. The average Bonchev–Trinajstić information content (AvgIpc) is 1.38. The predicted octanol–water partition coefficient (Wildman–Crippen LogP) is 0.215. The zero-order valence-electron chi connectivity index (χ0n) is 3.95. The van der Waals surface area contributed by atoms with Gasteiger partial charge in [-0.05, 0) is 0 Å². The van der Waals surface area contributed by atoms with Crippen molar-refractivity contribution in [3.05, 3.63) is 0 Å². The van der Waals surface area contributed by atoms with Gasteiger partial charge in [0.25, 0.3) is 0 Å². The van der Waals surface area contributed by atoms with Gasteiger partial charge in [-0.3, -0.25) is 0 Å². The van der Waals surface area contributed by atoms with E-state index in [1.807, 2.05) is 0 Å². The molecule has 0 aliphatic rings. The number of hydrogen-bond acceptors (Lipinski definition) is 1. The number of rotatable bonds is 1. The summed E-state index contributed by atoms with van der Waals surface area (Å²) in [4.78, 5) is 2.30. The molecular weight excluding hydrogens is 169 g/mol. The Bertz CT molecular complexity index is 20.9. The monoisotopic (exact) mass is 179 g/mol. The Hall–Kier alpha value is 0.759. The molecule has 5 heavy (non-hydrogen) atoms. The van der Waals surface area contributed by atoms with Gasteiger partial charge in [-0.1, -0.05) is 0 Å². The topological polar surface area (TPSA) is 3.24 Å². The van der Waals surface area contributed by atoms with Crippen molar-refractivity contribution in [1.82, 2.24) is 3.12 Å². The van der Waals surface area contributed by atoms with Crippen LogP contribution in [0.4, 0.5) is 0 Å². The van der Waals surface area contributed by atoms with E-state index in [1.165, 1.54) is 0 Å². The summed E-state index contributed by atoms with van der Waals surface area (Å²) in [7, 11) is 4.26. The first-order valence-corrected chi connectivity index (χ1v) is 5.75. The van der Waals surface area contributed by atoms with Crippen molar-refractivity contribution in [3.63, 3.8) is 0 Å². The second-order valence-corrected chi connectivity index (χ2v) is 4.95. The van der Waals surface area contributed by atoms with E-state index in [9.17, 15) is 0 Å². The third-order valence-corrected chi connectivity index (χ3v) is 3.00. The summed E-state index contributed by atoms with van der Waals surface area (Å²) in [6.45, 7) is 0. The van der Waals surface area contributed by atoms with Crippen LogP contribution in [0.5, 0.6) is 0 Å². The molecule has 0 unspecified atom stereocenters. The number of nitrogens with zero attached hydrogens (tertiary/aromatic N) is 1. The standard InChI is InChI=1S/C2H6N.CH3.Sn/c1-3-2;;/h1-2H3;1H3;/q-1;;+1. The fourth-order valence-electron chi connectivity index (χ4n) is 0. The molecule has 0 fully saturated rings. The molecule has 2 heteroatoms. The van der Waals surface area contributed by atoms with Gasteiger partial charge in [-0.25, -0.2) is 0 Å². The van der Waals surface area contributed by atoms with Crippen molar-refractivity contribution in [3.8, 4) is 0 Å². The second kappa shape index (κ2) is 2.97. The molecule has 0 spiro atoms. The Balaban J connectivity index is 2.54. The fourth-order valence-corrected chi connectivity index (χ4v) is 0. The zero-order chi connectivity index (χ0) is 4.28. The van der Waals surface area contributed by atoms with E-state index in [0.717, 1.165) is 0 Å². The minimum atomic E-state index is -0.0322. The summed E-state index contributed by atoms with van der Waals surface area (Å²) in [6.07, 6.45) is 0. The van der Waals surface area contributed by atoms with Crippen molar-refractivity contribution in [2.24, 2.45) is 0 Å². The Morgan fingerprint density at radius 1 is 1.40 bits per heavy atom. The molecule has 0 bridgehead atoms. The van der Waals surface area contributed by atoms with Crippen LogP contribution < -0.4 is 0 Å². The summed E-state index contributed by atoms with van der Waals surface area (Å²) in [5.74, 6) is 0. The summed E-state index contributed by atoms with van der Waals surface area (Å²) in [5, 5.41) is 0. The van der Waals surface area contributed by atoms with Crippen LogP contribution in [0, 0.1) is 0 Å². The van der Waals surface area contributed by atoms with Crippen molar-refractivity contribution < 1.29 is 0 Å². The van der Waals surface area contributed by atoms with Gasteiger partial charge in [-0.2, -0.15) is 0 Å². The van der Waals surface area contributed by atoms with Gasteiger partial charge in [0.05, 0.1) is 0 Å². The van der Waals surface area contributed by atoms with E-state index in [1.54, 1.807) is 0 Å². The van der Waals surface area contributed by atoms with Gasteiger partial charge >= 0.3 is 43.6 Å². The second-order valence-electron chi connectivity index (χ2n) is 1.12. The molecule has 0 amide bonds. The Morgan fingerprint density at radius 2 is 1.60 bits per heavy atom. The van der Waals surface area contributed by atoms with Crippen LogP contribution >= 0.6 is 0 Å². The van der Waals surface area contributed by atoms with Gasteiger partial charge in [0.15, 0.2) is 0 Å². The first-order valence-electron chi connectivity index (χ1n) is 1.62. The first kappa shape index (κ1) is 5.76. The molecule has 0 rings (SSSR count). The van der Waals surface area contributed by atoms with Gasteiger partial charge in [-0.15, -0.1) is 0 Å². The van der Waals surface area contributed by atoms with Crippen molar-refractivity contribution in [2.75, 3.05) is 14.1 Å².